The number of carboxylic acid groups (broad SMARTS) is 1. The molecule has 0 aromatic heterocycles. The standard InChI is InChI=1S/C24H27NO9/c1-4-31-11-15-19(27)18(23(28)29)13(3)20-22(15)34-24(30)17-12(2)9-16(26)14(21(17)33-20)10-25-5-7-32-8-6-25/h9,26-27H,4-8,10-11H2,1-3H3,(H,28,29). The lowest BCUT2D eigenvalue weighted by Gasteiger charge is -2.28. The molecule has 0 aliphatic carbocycles. The van der Waals surface area contributed by atoms with Crippen LogP contribution in [0.25, 0.3) is 0 Å². The van der Waals surface area contributed by atoms with E-state index in [1.165, 1.54) is 13.0 Å². The Morgan fingerprint density at radius 1 is 1.09 bits per heavy atom. The van der Waals surface area contributed by atoms with E-state index in [0.29, 0.717) is 37.4 Å². The molecule has 0 spiro atoms. The number of aromatic carboxylic acids is 1. The first-order valence-electron chi connectivity index (χ1n) is 11.0. The highest BCUT2D eigenvalue weighted by atomic mass is 16.6. The summed E-state index contributed by atoms with van der Waals surface area (Å²) in [6, 6.07) is 1.48. The molecule has 2 aromatic rings. The molecule has 0 bridgehead atoms. The molecule has 2 aromatic carbocycles. The van der Waals surface area contributed by atoms with Gasteiger partial charge in [-0.2, -0.15) is 0 Å². The van der Waals surface area contributed by atoms with Crippen molar-refractivity contribution in [3.05, 3.63) is 39.4 Å². The number of carbonyl (C=O) groups excluding carboxylic acids is 1. The Kier molecular flexibility index (Phi) is 6.65. The fourth-order valence-corrected chi connectivity index (χ4v) is 4.25. The zero-order valence-corrected chi connectivity index (χ0v) is 19.3. The summed E-state index contributed by atoms with van der Waals surface area (Å²) in [5.74, 6) is -2.74. The Bertz CT molecular complexity index is 1150. The van der Waals surface area contributed by atoms with Crippen LogP contribution in [0.1, 0.15) is 49.9 Å². The van der Waals surface area contributed by atoms with Crippen molar-refractivity contribution in [2.45, 2.75) is 33.9 Å². The minimum absolute atomic E-state index is 0.00221. The first-order valence-corrected chi connectivity index (χ1v) is 11.0. The summed E-state index contributed by atoms with van der Waals surface area (Å²) in [5.41, 5.74) is 0.637. The number of hydrogen-bond acceptors (Lipinski definition) is 9. The number of morpholine rings is 1. The average molecular weight is 473 g/mol. The Morgan fingerprint density at radius 2 is 1.79 bits per heavy atom. The molecule has 10 heteroatoms. The van der Waals surface area contributed by atoms with Crippen LogP contribution in [0.4, 0.5) is 0 Å². The summed E-state index contributed by atoms with van der Waals surface area (Å²) >= 11 is 0. The van der Waals surface area contributed by atoms with E-state index >= 15 is 0 Å². The van der Waals surface area contributed by atoms with Crippen molar-refractivity contribution in [2.75, 3.05) is 32.9 Å². The molecule has 34 heavy (non-hydrogen) atoms. The third-order valence-electron chi connectivity index (χ3n) is 6.03. The number of benzene rings is 2. The van der Waals surface area contributed by atoms with Gasteiger partial charge in [-0.15, -0.1) is 0 Å². The van der Waals surface area contributed by atoms with Crippen LogP contribution in [0.15, 0.2) is 6.07 Å². The van der Waals surface area contributed by atoms with E-state index in [2.05, 4.69) is 4.90 Å². The van der Waals surface area contributed by atoms with Crippen molar-refractivity contribution in [3.8, 4) is 28.7 Å². The van der Waals surface area contributed by atoms with Crippen molar-refractivity contribution in [1.29, 1.82) is 0 Å². The highest BCUT2D eigenvalue weighted by molar-refractivity contribution is 6.00. The fourth-order valence-electron chi connectivity index (χ4n) is 4.25. The van der Waals surface area contributed by atoms with Crippen LogP contribution in [-0.4, -0.2) is 65.1 Å². The van der Waals surface area contributed by atoms with E-state index in [1.807, 2.05) is 0 Å². The van der Waals surface area contributed by atoms with Crippen LogP contribution in [0.3, 0.4) is 0 Å². The van der Waals surface area contributed by atoms with Crippen LogP contribution in [0, 0.1) is 13.8 Å². The summed E-state index contributed by atoms with van der Waals surface area (Å²) in [5, 5.41) is 31.3. The number of carbonyl (C=O) groups is 2. The second kappa shape index (κ2) is 9.49. The molecule has 4 rings (SSSR count). The van der Waals surface area contributed by atoms with Gasteiger partial charge in [0.2, 0.25) is 0 Å². The smallest absolute Gasteiger partial charge is 0.347 e. The zero-order chi connectivity index (χ0) is 24.6. The highest BCUT2D eigenvalue weighted by Crippen LogP contribution is 2.50. The SMILES string of the molecule is CCOCc1c(O)c(C(=O)O)c(C)c2c1OC(=O)c1c(C)cc(O)c(CN3CCOCC3)c1O2. The normalized spacial score (nSPS) is 15.7. The monoisotopic (exact) mass is 473 g/mol. The maximum absolute atomic E-state index is 13.3. The second-order valence-corrected chi connectivity index (χ2v) is 8.20. The number of aromatic hydroxyl groups is 2. The van der Waals surface area contributed by atoms with Crippen molar-refractivity contribution < 1.29 is 43.9 Å². The number of esters is 1. The number of carboxylic acids is 1. The van der Waals surface area contributed by atoms with Gasteiger partial charge in [0.1, 0.15) is 22.6 Å². The van der Waals surface area contributed by atoms with Gasteiger partial charge in [-0.3, -0.25) is 4.90 Å². The van der Waals surface area contributed by atoms with Crippen molar-refractivity contribution >= 4 is 11.9 Å². The van der Waals surface area contributed by atoms with E-state index in [0.717, 1.165) is 0 Å². The minimum Gasteiger partial charge on any atom is -0.507 e. The molecule has 0 radical (unpaired) electrons. The molecule has 2 aliphatic rings. The molecule has 1 fully saturated rings. The summed E-state index contributed by atoms with van der Waals surface area (Å²) < 4.78 is 22.7. The number of hydrogen-bond donors (Lipinski definition) is 3. The zero-order valence-electron chi connectivity index (χ0n) is 19.3. The first-order chi connectivity index (χ1) is 16.2. The Labute approximate surface area is 196 Å². The number of fused-ring (bicyclic) bond motifs is 2. The van der Waals surface area contributed by atoms with Crippen LogP contribution in [0.5, 0.6) is 28.7 Å². The van der Waals surface area contributed by atoms with Crippen molar-refractivity contribution in [1.82, 2.24) is 4.90 Å². The molecule has 182 valence electrons. The summed E-state index contributed by atoms with van der Waals surface area (Å²) in [6.07, 6.45) is 0. The molecule has 10 nitrogen and oxygen atoms in total. The maximum atomic E-state index is 13.3. The van der Waals surface area contributed by atoms with Crippen LogP contribution < -0.4 is 9.47 Å². The van der Waals surface area contributed by atoms with Crippen molar-refractivity contribution in [3.63, 3.8) is 0 Å². The summed E-state index contributed by atoms with van der Waals surface area (Å²) in [4.78, 5) is 27.3. The topological polar surface area (TPSA) is 135 Å². The largest absolute Gasteiger partial charge is 0.507 e. The third kappa shape index (κ3) is 4.15. The lowest BCUT2D eigenvalue weighted by Crippen LogP contribution is -2.35. The van der Waals surface area contributed by atoms with Gasteiger partial charge in [0.05, 0.1) is 30.9 Å². The quantitative estimate of drug-likeness (QED) is 0.424. The average Bonchev–Trinajstić information content (AvgIpc) is 2.94. The van der Waals surface area contributed by atoms with Crippen LogP contribution in [-0.2, 0) is 22.6 Å². The van der Waals surface area contributed by atoms with Gasteiger partial charge in [-0.05, 0) is 32.4 Å². The molecular formula is C24H27NO9. The van der Waals surface area contributed by atoms with Gasteiger partial charge >= 0.3 is 11.9 Å². The van der Waals surface area contributed by atoms with Gasteiger partial charge < -0.3 is 34.3 Å². The highest BCUT2D eigenvalue weighted by Gasteiger charge is 2.36. The van der Waals surface area contributed by atoms with E-state index < -0.39 is 17.7 Å². The molecule has 1 saturated heterocycles. The van der Waals surface area contributed by atoms with E-state index in [4.69, 9.17) is 18.9 Å². The van der Waals surface area contributed by atoms with Gasteiger partial charge in [-0.1, -0.05) is 0 Å². The van der Waals surface area contributed by atoms with Crippen LogP contribution in [0.2, 0.25) is 0 Å². The summed E-state index contributed by atoms with van der Waals surface area (Å²) in [7, 11) is 0. The second-order valence-electron chi connectivity index (χ2n) is 8.20. The molecule has 0 saturated carbocycles. The number of ether oxygens (including phenoxy) is 4. The lowest BCUT2D eigenvalue weighted by molar-refractivity contribution is 0.0336. The van der Waals surface area contributed by atoms with E-state index in [9.17, 15) is 24.9 Å². The van der Waals surface area contributed by atoms with E-state index in [1.54, 1.807) is 13.8 Å². The molecule has 3 N–H and O–H groups in total. The molecule has 0 atom stereocenters. The van der Waals surface area contributed by atoms with Gasteiger partial charge in [0.25, 0.3) is 0 Å². The molecule has 2 aliphatic heterocycles. The van der Waals surface area contributed by atoms with Gasteiger partial charge in [0, 0.05) is 31.8 Å². The third-order valence-corrected chi connectivity index (χ3v) is 6.03. The number of rotatable bonds is 6. The number of phenols is 2. The van der Waals surface area contributed by atoms with Crippen molar-refractivity contribution in [2.24, 2.45) is 0 Å². The predicted octanol–water partition coefficient (Wildman–Crippen LogP) is 3.11. The predicted molar refractivity (Wildman–Crippen MR) is 119 cm³/mol. The van der Waals surface area contributed by atoms with E-state index in [-0.39, 0.29) is 65.0 Å². The summed E-state index contributed by atoms with van der Waals surface area (Å²) in [6.45, 7) is 7.59. The number of phenolic OH excluding ortho intramolecular Hbond substituents is 1. The minimum atomic E-state index is -1.37. The molecule has 2 heterocycles. The Hall–Kier alpha value is -3.34. The molecular weight excluding hydrogens is 446 g/mol. The number of aryl methyl sites for hydroxylation is 1. The molecule has 0 amide bonds. The number of nitrogens with zero attached hydrogens (tertiary/aromatic N) is 1. The Morgan fingerprint density at radius 3 is 2.44 bits per heavy atom. The Balaban J connectivity index is 1.93. The van der Waals surface area contributed by atoms with Gasteiger partial charge in [-0.25, -0.2) is 9.59 Å². The van der Waals surface area contributed by atoms with Gasteiger partial charge in [0.15, 0.2) is 17.2 Å². The fraction of sp³-hybridized carbons (Fsp3) is 0.417. The lowest BCUT2D eigenvalue weighted by atomic mass is 10.00. The molecule has 0 unspecified atom stereocenters. The van der Waals surface area contributed by atoms with Crippen LogP contribution >= 0.6 is 0 Å². The first kappa shape index (κ1) is 23.8. The maximum Gasteiger partial charge on any atom is 0.347 e.